The number of rotatable bonds is 10. The molecule has 0 amide bonds. The number of ether oxygens (including phenoxy) is 2. The molecule has 1 N–H and O–H groups in total. The molecule has 0 unspecified atom stereocenters. The molecule has 0 heterocycles. The van der Waals surface area contributed by atoms with Crippen LogP contribution in [0.1, 0.15) is 40.5 Å². The quantitative estimate of drug-likeness (QED) is 0.573. The summed E-state index contributed by atoms with van der Waals surface area (Å²) < 4.78 is 10.7. The fourth-order valence-corrected chi connectivity index (χ4v) is 0.889. The van der Waals surface area contributed by atoms with Crippen molar-refractivity contribution in [3.05, 3.63) is 0 Å². The third-order valence-electron chi connectivity index (χ3n) is 1.69. The van der Waals surface area contributed by atoms with Gasteiger partial charge in [-0.3, -0.25) is 0 Å². The molecule has 94 valence electrons. The molecule has 0 aromatic heterocycles. The first kappa shape index (κ1) is 17.3. The zero-order valence-corrected chi connectivity index (χ0v) is 11.0. The van der Waals surface area contributed by atoms with Crippen LogP contribution in [0.2, 0.25) is 0 Å². The second-order valence-electron chi connectivity index (χ2n) is 2.93. The van der Waals surface area contributed by atoms with Gasteiger partial charge >= 0.3 is 0 Å². The second-order valence-corrected chi connectivity index (χ2v) is 2.93. The Bertz CT molecular complexity index is 79.7. The first-order chi connectivity index (χ1) is 7.41. The predicted octanol–water partition coefficient (Wildman–Crippen LogP) is 2.46. The highest BCUT2D eigenvalue weighted by atomic mass is 16.5. The molecular weight excluding hydrogens is 190 g/mol. The van der Waals surface area contributed by atoms with E-state index in [4.69, 9.17) is 9.47 Å². The third-order valence-corrected chi connectivity index (χ3v) is 1.69. The van der Waals surface area contributed by atoms with Crippen molar-refractivity contribution in [1.29, 1.82) is 0 Å². The van der Waals surface area contributed by atoms with Gasteiger partial charge in [-0.2, -0.15) is 0 Å². The average Bonchev–Trinajstić information content (AvgIpc) is 2.30. The highest BCUT2D eigenvalue weighted by Crippen LogP contribution is 1.87. The Kier molecular flexibility index (Phi) is 22.4. The predicted molar refractivity (Wildman–Crippen MR) is 66.4 cm³/mol. The summed E-state index contributed by atoms with van der Waals surface area (Å²) in [5, 5.41) is 3.19. The van der Waals surface area contributed by atoms with Crippen LogP contribution in [-0.2, 0) is 9.47 Å². The smallest absolute Gasteiger partial charge is 0.0701 e. The number of nitrogens with one attached hydrogen (secondary N) is 1. The Morgan fingerprint density at radius 2 is 1.47 bits per heavy atom. The van der Waals surface area contributed by atoms with Crippen LogP contribution in [0.3, 0.4) is 0 Å². The van der Waals surface area contributed by atoms with Crippen molar-refractivity contribution in [3.8, 4) is 0 Å². The van der Waals surface area contributed by atoms with Crippen LogP contribution in [0, 0.1) is 0 Å². The summed E-state index contributed by atoms with van der Waals surface area (Å²) in [5.41, 5.74) is 0. The minimum atomic E-state index is 0.717. The van der Waals surface area contributed by atoms with Crippen molar-refractivity contribution in [2.45, 2.75) is 40.5 Å². The fraction of sp³-hybridized carbons (Fsp3) is 1.00. The summed E-state index contributed by atoms with van der Waals surface area (Å²) in [6.07, 6.45) is 2.35. The van der Waals surface area contributed by atoms with Crippen LogP contribution in [-0.4, -0.2) is 39.5 Å². The minimum absolute atomic E-state index is 0.717. The lowest BCUT2D eigenvalue weighted by molar-refractivity contribution is 0.0479. The lowest BCUT2D eigenvalue weighted by atomic mass is 10.4. The maximum atomic E-state index is 5.34. The lowest BCUT2D eigenvalue weighted by Crippen LogP contribution is -2.20. The Morgan fingerprint density at radius 1 is 0.867 bits per heavy atom. The SMILES string of the molecule is CC.CCCCOCCOCCNCC. The fourth-order valence-electron chi connectivity index (χ4n) is 0.889. The van der Waals surface area contributed by atoms with Gasteiger partial charge in [-0.25, -0.2) is 0 Å². The molecule has 0 aliphatic carbocycles. The molecule has 0 bridgehead atoms. The maximum absolute atomic E-state index is 5.34. The van der Waals surface area contributed by atoms with Gasteiger partial charge in [0.25, 0.3) is 0 Å². The van der Waals surface area contributed by atoms with Crippen LogP contribution in [0.25, 0.3) is 0 Å². The number of unbranched alkanes of at least 4 members (excludes halogenated alkanes) is 1. The Labute approximate surface area is 95.5 Å². The molecule has 15 heavy (non-hydrogen) atoms. The van der Waals surface area contributed by atoms with E-state index in [1.165, 1.54) is 6.42 Å². The van der Waals surface area contributed by atoms with Gasteiger partial charge in [-0.15, -0.1) is 0 Å². The van der Waals surface area contributed by atoms with Crippen LogP contribution in [0.4, 0.5) is 0 Å². The molecule has 0 saturated carbocycles. The average molecular weight is 219 g/mol. The summed E-state index contributed by atoms with van der Waals surface area (Å²) in [4.78, 5) is 0. The molecule has 0 atom stereocenters. The summed E-state index contributed by atoms with van der Waals surface area (Å²) in [7, 11) is 0. The van der Waals surface area contributed by atoms with Gasteiger partial charge in [0, 0.05) is 13.2 Å². The van der Waals surface area contributed by atoms with E-state index < -0.39 is 0 Å². The Morgan fingerprint density at radius 3 is 2.00 bits per heavy atom. The Hall–Kier alpha value is -0.120. The molecule has 3 nitrogen and oxygen atoms in total. The normalized spacial score (nSPS) is 9.60. The van der Waals surface area contributed by atoms with Gasteiger partial charge in [0.1, 0.15) is 0 Å². The van der Waals surface area contributed by atoms with E-state index in [9.17, 15) is 0 Å². The topological polar surface area (TPSA) is 30.5 Å². The molecule has 0 spiro atoms. The first-order valence-electron chi connectivity index (χ1n) is 6.28. The van der Waals surface area contributed by atoms with Crippen molar-refractivity contribution in [2.75, 3.05) is 39.5 Å². The van der Waals surface area contributed by atoms with Gasteiger partial charge in [0.2, 0.25) is 0 Å². The molecule has 0 fully saturated rings. The molecule has 0 aromatic rings. The summed E-state index contributed by atoms with van der Waals surface area (Å²) in [6.45, 7) is 13.3. The number of likely N-dealkylation sites (N-methyl/N-ethyl adjacent to an activating group) is 1. The van der Waals surface area contributed by atoms with Gasteiger partial charge in [-0.1, -0.05) is 34.1 Å². The molecule has 3 heteroatoms. The molecule has 0 aliphatic heterocycles. The summed E-state index contributed by atoms with van der Waals surface area (Å²) >= 11 is 0. The van der Waals surface area contributed by atoms with Crippen molar-refractivity contribution in [3.63, 3.8) is 0 Å². The van der Waals surface area contributed by atoms with Crippen molar-refractivity contribution < 1.29 is 9.47 Å². The molecule has 0 saturated heterocycles. The number of hydrogen-bond acceptors (Lipinski definition) is 3. The van der Waals surface area contributed by atoms with Gasteiger partial charge in [-0.05, 0) is 13.0 Å². The zero-order chi connectivity index (χ0) is 11.8. The van der Waals surface area contributed by atoms with Gasteiger partial charge in [0.05, 0.1) is 19.8 Å². The van der Waals surface area contributed by atoms with E-state index in [0.717, 1.165) is 45.9 Å². The maximum Gasteiger partial charge on any atom is 0.0701 e. The van der Waals surface area contributed by atoms with E-state index in [0.29, 0.717) is 0 Å². The largest absolute Gasteiger partial charge is 0.379 e. The Balaban J connectivity index is 0. The molecule has 0 radical (unpaired) electrons. The van der Waals surface area contributed by atoms with Gasteiger partial charge < -0.3 is 14.8 Å². The minimum Gasteiger partial charge on any atom is -0.379 e. The van der Waals surface area contributed by atoms with Crippen LogP contribution >= 0.6 is 0 Å². The highest BCUT2D eigenvalue weighted by molar-refractivity contribution is 4.40. The van der Waals surface area contributed by atoms with Crippen LogP contribution < -0.4 is 5.32 Å². The van der Waals surface area contributed by atoms with E-state index in [1.807, 2.05) is 13.8 Å². The standard InChI is InChI=1S/C10H23NO2.C2H6/c1-3-5-7-12-9-10-13-8-6-11-4-2;1-2/h11H,3-10H2,1-2H3;1-2H3. The number of hydrogen-bond donors (Lipinski definition) is 1. The van der Waals surface area contributed by atoms with E-state index in [2.05, 4.69) is 19.2 Å². The monoisotopic (exact) mass is 219 g/mol. The van der Waals surface area contributed by atoms with E-state index in [-0.39, 0.29) is 0 Å². The lowest BCUT2D eigenvalue weighted by Gasteiger charge is -2.05. The third kappa shape index (κ3) is 20.1. The molecule has 0 aliphatic rings. The van der Waals surface area contributed by atoms with Crippen molar-refractivity contribution in [2.24, 2.45) is 0 Å². The first-order valence-corrected chi connectivity index (χ1v) is 6.28. The molecule has 0 aromatic carbocycles. The zero-order valence-electron chi connectivity index (χ0n) is 11.0. The van der Waals surface area contributed by atoms with Crippen LogP contribution in [0.5, 0.6) is 0 Å². The van der Waals surface area contributed by atoms with E-state index in [1.54, 1.807) is 0 Å². The van der Waals surface area contributed by atoms with Crippen molar-refractivity contribution in [1.82, 2.24) is 5.32 Å². The molecular formula is C12H29NO2. The van der Waals surface area contributed by atoms with Crippen LogP contribution in [0.15, 0.2) is 0 Å². The second kappa shape index (κ2) is 19.5. The summed E-state index contributed by atoms with van der Waals surface area (Å²) in [6, 6.07) is 0. The van der Waals surface area contributed by atoms with E-state index >= 15 is 0 Å². The summed E-state index contributed by atoms with van der Waals surface area (Å²) in [5.74, 6) is 0. The van der Waals surface area contributed by atoms with Gasteiger partial charge in [0.15, 0.2) is 0 Å². The highest BCUT2D eigenvalue weighted by Gasteiger charge is 1.89. The molecule has 0 rings (SSSR count). The van der Waals surface area contributed by atoms with Crippen molar-refractivity contribution >= 4 is 0 Å².